The summed E-state index contributed by atoms with van der Waals surface area (Å²) in [7, 11) is 1.65. The molecule has 1 aromatic heterocycles. The van der Waals surface area contributed by atoms with Crippen molar-refractivity contribution in [1.29, 1.82) is 0 Å². The van der Waals surface area contributed by atoms with E-state index in [0.717, 1.165) is 26.3 Å². The number of ether oxygens (including phenoxy) is 1. The standard InChI is InChI=1S/C16H20N2O2S.ClH/c1-9-12-7-11(20-2)5-6-14(12)21-15(9)16(19)18-8-13(17)10-3-4-10;/h5-7,10,13H,3-4,8,17H2,1-2H3,(H,18,19);1H. The number of methoxy groups -OCH3 is 1. The van der Waals surface area contributed by atoms with E-state index in [0.29, 0.717) is 12.5 Å². The molecule has 6 heteroatoms. The molecule has 1 atom stereocenters. The van der Waals surface area contributed by atoms with E-state index in [9.17, 15) is 4.79 Å². The second-order valence-electron chi connectivity index (χ2n) is 5.63. The highest BCUT2D eigenvalue weighted by Crippen LogP contribution is 2.34. The van der Waals surface area contributed by atoms with Crippen molar-refractivity contribution in [1.82, 2.24) is 5.32 Å². The summed E-state index contributed by atoms with van der Waals surface area (Å²) < 4.78 is 6.35. The maximum absolute atomic E-state index is 12.3. The molecule has 0 bridgehead atoms. The number of halogens is 1. The van der Waals surface area contributed by atoms with E-state index in [2.05, 4.69) is 5.32 Å². The first-order chi connectivity index (χ1) is 10.1. The van der Waals surface area contributed by atoms with E-state index in [1.807, 2.05) is 25.1 Å². The van der Waals surface area contributed by atoms with Crippen LogP contribution in [0.4, 0.5) is 0 Å². The minimum Gasteiger partial charge on any atom is -0.497 e. The molecule has 22 heavy (non-hydrogen) atoms. The lowest BCUT2D eigenvalue weighted by molar-refractivity contribution is 0.0954. The second kappa shape index (κ2) is 6.86. The van der Waals surface area contributed by atoms with Gasteiger partial charge >= 0.3 is 0 Å². The van der Waals surface area contributed by atoms with Gasteiger partial charge in [-0.25, -0.2) is 0 Å². The summed E-state index contributed by atoms with van der Waals surface area (Å²) in [6, 6.07) is 5.98. The Morgan fingerprint density at radius 1 is 1.50 bits per heavy atom. The van der Waals surface area contributed by atoms with Gasteiger partial charge in [0, 0.05) is 17.3 Å². The Balaban J connectivity index is 0.00000176. The van der Waals surface area contributed by atoms with Gasteiger partial charge in [0.2, 0.25) is 0 Å². The van der Waals surface area contributed by atoms with Crippen molar-refractivity contribution in [2.24, 2.45) is 11.7 Å². The number of amides is 1. The van der Waals surface area contributed by atoms with Gasteiger partial charge in [-0.1, -0.05) is 0 Å². The van der Waals surface area contributed by atoms with Crippen LogP contribution in [-0.4, -0.2) is 25.6 Å². The van der Waals surface area contributed by atoms with Gasteiger partial charge in [0.05, 0.1) is 12.0 Å². The molecule has 1 unspecified atom stereocenters. The SMILES string of the molecule is COc1ccc2sc(C(=O)NCC(N)C3CC3)c(C)c2c1.Cl. The first-order valence-electron chi connectivity index (χ1n) is 7.21. The molecule has 1 amide bonds. The van der Waals surface area contributed by atoms with E-state index in [-0.39, 0.29) is 24.4 Å². The Kier molecular flexibility index (Phi) is 5.32. The van der Waals surface area contributed by atoms with Gasteiger partial charge in [-0.15, -0.1) is 23.7 Å². The van der Waals surface area contributed by atoms with Crippen molar-refractivity contribution in [2.75, 3.05) is 13.7 Å². The summed E-state index contributed by atoms with van der Waals surface area (Å²) in [5, 5.41) is 4.05. The maximum atomic E-state index is 12.3. The first kappa shape index (κ1) is 17.1. The number of hydrogen-bond acceptors (Lipinski definition) is 4. The highest BCUT2D eigenvalue weighted by atomic mass is 35.5. The summed E-state index contributed by atoms with van der Waals surface area (Å²) in [5.74, 6) is 1.38. The Morgan fingerprint density at radius 3 is 2.86 bits per heavy atom. The Hall–Kier alpha value is -1.30. The highest BCUT2D eigenvalue weighted by Gasteiger charge is 2.28. The van der Waals surface area contributed by atoms with Crippen LogP contribution in [0.2, 0.25) is 0 Å². The minimum absolute atomic E-state index is 0. The number of aryl methyl sites for hydroxylation is 1. The number of rotatable bonds is 5. The lowest BCUT2D eigenvalue weighted by Crippen LogP contribution is -2.38. The van der Waals surface area contributed by atoms with Crippen molar-refractivity contribution in [2.45, 2.75) is 25.8 Å². The molecule has 1 aliphatic rings. The van der Waals surface area contributed by atoms with Gasteiger partial charge in [0.1, 0.15) is 5.75 Å². The third kappa shape index (κ3) is 3.37. The van der Waals surface area contributed by atoms with Crippen LogP contribution in [0, 0.1) is 12.8 Å². The molecule has 0 saturated heterocycles. The molecule has 1 saturated carbocycles. The molecule has 1 aliphatic carbocycles. The van der Waals surface area contributed by atoms with Gasteiger partial charge in [0.25, 0.3) is 5.91 Å². The normalized spacial score (nSPS) is 15.2. The molecular weight excluding hydrogens is 320 g/mol. The number of carbonyl (C=O) groups is 1. The largest absolute Gasteiger partial charge is 0.497 e. The van der Waals surface area contributed by atoms with Crippen molar-refractivity contribution in [3.8, 4) is 5.75 Å². The van der Waals surface area contributed by atoms with Gasteiger partial charge in [0.15, 0.2) is 0 Å². The average molecular weight is 341 g/mol. The summed E-state index contributed by atoms with van der Waals surface area (Å²) in [6.07, 6.45) is 2.39. The number of fused-ring (bicyclic) bond motifs is 1. The topological polar surface area (TPSA) is 64.3 Å². The zero-order valence-electron chi connectivity index (χ0n) is 12.7. The fourth-order valence-corrected chi connectivity index (χ4v) is 3.63. The lowest BCUT2D eigenvalue weighted by atomic mass is 10.1. The fraction of sp³-hybridized carbons (Fsp3) is 0.438. The summed E-state index contributed by atoms with van der Waals surface area (Å²) in [5.41, 5.74) is 7.03. The fourth-order valence-electron chi connectivity index (χ4n) is 2.53. The number of nitrogens with one attached hydrogen (secondary N) is 1. The number of hydrogen-bond donors (Lipinski definition) is 2. The van der Waals surface area contributed by atoms with Gasteiger partial charge in [-0.05, 0) is 54.8 Å². The lowest BCUT2D eigenvalue weighted by Gasteiger charge is -2.11. The van der Waals surface area contributed by atoms with Crippen molar-refractivity contribution >= 4 is 39.7 Å². The molecule has 2 aromatic rings. The van der Waals surface area contributed by atoms with E-state index in [4.69, 9.17) is 10.5 Å². The van der Waals surface area contributed by atoms with Crippen molar-refractivity contribution < 1.29 is 9.53 Å². The highest BCUT2D eigenvalue weighted by molar-refractivity contribution is 7.21. The summed E-state index contributed by atoms with van der Waals surface area (Å²) >= 11 is 1.52. The maximum Gasteiger partial charge on any atom is 0.261 e. The Labute approximate surface area is 140 Å². The number of carbonyl (C=O) groups excluding carboxylic acids is 1. The van der Waals surface area contributed by atoms with Crippen molar-refractivity contribution in [3.05, 3.63) is 28.6 Å². The Bertz CT molecular complexity index is 682. The molecule has 0 aliphatic heterocycles. The molecule has 3 rings (SSSR count). The van der Waals surface area contributed by atoms with E-state index >= 15 is 0 Å². The number of thiophene rings is 1. The van der Waals surface area contributed by atoms with Crippen LogP contribution in [0.15, 0.2) is 18.2 Å². The molecule has 0 spiro atoms. The van der Waals surface area contributed by atoms with E-state index in [1.54, 1.807) is 7.11 Å². The smallest absolute Gasteiger partial charge is 0.261 e. The third-order valence-corrected chi connectivity index (χ3v) is 5.35. The van der Waals surface area contributed by atoms with Crippen LogP contribution in [0.5, 0.6) is 5.75 Å². The van der Waals surface area contributed by atoms with Crippen LogP contribution >= 0.6 is 23.7 Å². The molecule has 3 N–H and O–H groups in total. The van der Waals surface area contributed by atoms with Crippen LogP contribution < -0.4 is 15.8 Å². The van der Waals surface area contributed by atoms with Crippen LogP contribution in [-0.2, 0) is 0 Å². The molecule has 120 valence electrons. The van der Waals surface area contributed by atoms with Crippen LogP contribution in [0.1, 0.15) is 28.1 Å². The van der Waals surface area contributed by atoms with Crippen molar-refractivity contribution in [3.63, 3.8) is 0 Å². The van der Waals surface area contributed by atoms with Crippen LogP contribution in [0.3, 0.4) is 0 Å². The molecule has 1 fully saturated rings. The summed E-state index contributed by atoms with van der Waals surface area (Å²) in [6.45, 7) is 2.54. The van der Waals surface area contributed by atoms with Gasteiger partial charge in [-0.2, -0.15) is 0 Å². The average Bonchev–Trinajstić information content (AvgIpc) is 3.29. The second-order valence-corrected chi connectivity index (χ2v) is 6.68. The zero-order chi connectivity index (χ0) is 15.0. The Morgan fingerprint density at radius 2 is 2.23 bits per heavy atom. The van der Waals surface area contributed by atoms with Crippen LogP contribution in [0.25, 0.3) is 10.1 Å². The molecular formula is C16H21ClN2O2S. The van der Waals surface area contributed by atoms with Gasteiger partial charge in [-0.3, -0.25) is 4.79 Å². The molecule has 1 heterocycles. The first-order valence-corrected chi connectivity index (χ1v) is 8.02. The summed E-state index contributed by atoms with van der Waals surface area (Å²) in [4.78, 5) is 13.1. The monoisotopic (exact) mass is 340 g/mol. The van der Waals surface area contributed by atoms with E-state index < -0.39 is 0 Å². The molecule has 1 aromatic carbocycles. The quantitative estimate of drug-likeness (QED) is 0.879. The molecule has 0 radical (unpaired) electrons. The number of nitrogens with two attached hydrogens (primary N) is 1. The van der Waals surface area contributed by atoms with E-state index in [1.165, 1.54) is 24.2 Å². The predicted molar refractivity (Wildman–Crippen MR) is 93.4 cm³/mol. The minimum atomic E-state index is -0.0243. The molecule has 4 nitrogen and oxygen atoms in total. The predicted octanol–water partition coefficient (Wildman–Crippen LogP) is 3.11. The zero-order valence-corrected chi connectivity index (χ0v) is 14.4. The third-order valence-electron chi connectivity index (χ3n) is 4.08. The van der Waals surface area contributed by atoms with Gasteiger partial charge < -0.3 is 15.8 Å². The number of benzene rings is 1.